The smallest absolute Gasteiger partial charge is 0.411 e. The number of aryl methyl sites for hydroxylation is 2. The number of terminal acetylenes is 1. The molecule has 0 aliphatic carbocycles. The number of anilines is 3. The number of nitrogens with zero attached hydrogens (tertiary/aromatic N) is 2. The molecular formula is C31H35FN4O4. The highest BCUT2D eigenvalue weighted by Crippen LogP contribution is 2.36. The van der Waals surface area contributed by atoms with Gasteiger partial charge in [-0.2, -0.15) is 0 Å². The summed E-state index contributed by atoms with van der Waals surface area (Å²) in [5.41, 5.74) is 3.31. The molecule has 40 heavy (non-hydrogen) atoms. The summed E-state index contributed by atoms with van der Waals surface area (Å²) in [6.07, 6.45) is 9.43. The van der Waals surface area contributed by atoms with Crippen molar-refractivity contribution in [2.75, 3.05) is 30.3 Å². The highest BCUT2D eigenvalue weighted by Gasteiger charge is 2.21. The maximum absolute atomic E-state index is 13.8. The van der Waals surface area contributed by atoms with Gasteiger partial charge >= 0.3 is 6.09 Å². The van der Waals surface area contributed by atoms with Gasteiger partial charge < -0.3 is 20.1 Å². The highest BCUT2D eigenvalue weighted by atomic mass is 19.1. The molecule has 0 unspecified atom stereocenters. The topological polar surface area (TPSA) is 92.8 Å². The molecule has 2 amide bonds. The van der Waals surface area contributed by atoms with Crippen molar-refractivity contribution in [3.63, 3.8) is 0 Å². The number of hydrogen-bond donors (Lipinski definition) is 2. The molecule has 1 aromatic heterocycles. The van der Waals surface area contributed by atoms with Crippen LogP contribution in [0.5, 0.6) is 5.75 Å². The van der Waals surface area contributed by atoms with Crippen LogP contribution in [0.15, 0.2) is 48.7 Å². The van der Waals surface area contributed by atoms with Gasteiger partial charge in [0, 0.05) is 36.0 Å². The lowest BCUT2D eigenvalue weighted by Gasteiger charge is -2.25. The third-order valence-electron chi connectivity index (χ3n) is 5.67. The van der Waals surface area contributed by atoms with Crippen molar-refractivity contribution in [2.24, 2.45) is 0 Å². The Kier molecular flexibility index (Phi) is 9.73. The Morgan fingerprint density at radius 3 is 2.58 bits per heavy atom. The van der Waals surface area contributed by atoms with E-state index >= 15 is 0 Å². The zero-order valence-corrected chi connectivity index (χ0v) is 23.7. The molecule has 0 aliphatic heterocycles. The highest BCUT2D eigenvalue weighted by molar-refractivity contribution is 6.04. The van der Waals surface area contributed by atoms with Gasteiger partial charge in [-0.3, -0.25) is 14.7 Å². The van der Waals surface area contributed by atoms with Crippen LogP contribution in [-0.4, -0.2) is 47.2 Å². The lowest BCUT2D eigenvalue weighted by atomic mass is 10.1. The van der Waals surface area contributed by atoms with Crippen molar-refractivity contribution in [3.8, 4) is 18.1 Å². The Balaban J connectivity index is 1.87. The molecular weight excluding hydrogens is 511 g/mol. The average Bonchev–Trinajstić information content (AvgIpc) is 2.87. The minimum absolute atomic E-state index is 0.0374. The molecule has 0 spiro atoms. The van der Waals surface area contributed by atoms with E-state index in [9.17, 15) is 14.0 Å². The van der Waals surface area contributed by atoms with Crippen LogP contribution in [0.25, 0.3) is 10.9 Å². The standard InChI is InChI=1S/C31H35FN4O4/c1-8-14-36(30(38)40-31(5,6)7)15-10-11-28(37)35-26-17-23-25(18-27(26)39-9-2)33-19-21(4)29(23)34-22-12-13-24(32)20(3)16-22/h1,10-13,16-19H,9,14-15H2,2-7H3,(H,33,34)(H,35,37)/b11-10+. The number of halogens is 1. The fourth-order valence-corrected chi connectivity index (χ4v) is 3.83. The Morgan fingerprint density at radius 2 is 1.93 bits per heavy atom. The van der Waals surface area contributed by atoms with Crippen LogP contribution in [0.1, 0.15) is 38.8 Å². The summed E-state index contributed by atoms with van der Waals surface area (Å²) in [5.74, 6) is 2.18. The molecule has 0 radical (unpaired) electrons. The molecule has 0 saturated heterocycles. The van der Waals surface area contributed by atoms with E-state index in [0.717, 1.165) is 22.3 Å². The number of nitrogens with one attached hydrogen (secondary N) is 2. The summed E-state index contributed by atoms with van der Waals surface area (Å²) in [6.45, 7) is 11.3. The van der Waals surface area contributed by atoms with Gasteiger partial charge in [-0.1, -0.05) is 12.0 Å². The van der Waals surface area contributed by atoms with Gasteiger partial charge in [0.25, 0.3) is 0 Å². The normalized spacial score (nSPS) is 11.2. The molecule has 210 valence electrons. The number of carbonyl (C=O) groups excluding carboxylic acids is 2. The van der Waals surface area contributed by atoms with E-state index in [1.165, 1.54) is 23.1 Å². The molecule has 1 heterocycles. The van der Waals surface area contributed by atoms with Crippen molar-refractivity contribution >= 4 is 40.0 Å². The van der Waals surface area contributed by atoms with Crippen molar-refractivity contribution in [1.29, 1.82) is 0 Å². The molecule has 2 N–H and O–H groups in total. The second-order valence-corrected chi connectivity index (χ2v) is 10.2. The van der Waals surface area contributed by atoms with Crippen LogP contribution in [0.2, 0.25) is 0 Å². The Hall–Kier alpha value is -4.58. The van der Waals surface area contributed by atoms with E-state index in [0.29, 0.717) is 29.1 Å². The van der Waals surface area contributed by atoms with Gasteiger partial charge in [-0.25, -0.2) is 9.18 Å². The minimum atomic E-state index is -0.673. The third kappa shape index (κ3) is 7.96. The van der Waals surface area contributed by atoms with Gasteiger partial charge in [0.2, 0.25) is 5.91 Å². The first-order valence-electron chi connectivity index (χ1n) is 12.9. The molecule has 0 atom stereocenters. The van der Waals surface area contributed by atoms with E-state index in [1.54, 1.807) is 58.2 Å². The number of fused-ring (bicyclic) bond motifs is 1. The number of ether oxygens (including phenoxy) is 2. The van der Waals surface area contributed by atoms with Crippen molar-refractivity contribution in [3.05, 3.63) is 65.6 Å². The molecule has 2 aromatic carbocycles. The van der Waals surface area contributed by atoms with Crippen molar-refractivity contribution in [1.82, 2.24) is 9.88 Å². The first kappa shape index (κ1) is 30.0. The van der Waals surface area contributed by atoms with Gasteiger partial charge in [0.1, 0.15) is 17.2 Å². The Morgan fingerprint density at radius 1 is 1.18 bits per heavy atom. The number of rotatable bonds is 9. The summed E-state index contributed by atoms with van der Waals surface area (Å²) in [5, 5.41) is 6.96. The van der Waals surface area contributed by atoms with E-state index in [4.69, 9.17) is 15.9 Å². The van der Waals surface area contributed by atoms with E-state index in [2.05, 4.69) is 21.5 Å². The van der Waals surface area contributed by atoms with Crippen LogP contribution >= 0.6 is 0 Å². The maximum atomic E-state index is 13.8. The molecule has 9 heteroatoms. The number of hydrogen-bond acceptors (Lipinski definition) is 6. The third-order valence-corrected chi connectivity index (χ3v) is 5.67. The minimum Gasteiger partial charge on any atom is -0.492 e. The van der Waals surface area contributed by atoms with Crippen molar-refractivity contribution in [2.45, 2.75) is 47.1 Å². The maximum Gasteiger partial charge on any atom is 0.411 e. The number of benzene rings is 2. The first-order chi connectivity index (χ1) is 18.9. The summed E-state index contributed by atoms with van der Waals surface area (Å²) in [6, 6.07) is 8.35. The fraction of sp³-hybridized carbons (Fsp3) is 0.323. The Labute approximate surface area is 234 Å². The van der Waals surface area contributed by atoms with Gasteiger partial charge in [-0.05, 0) is 76.9 Å². The summed E-state index contributed by atoms with van der Waals surface area (Å²) in [4.78, 5) is 31.1. The number of amides is 2. The average molecular weight is 547 g/mol. The van der Waals surface area contributed by atoms with Crippen LogP contribution < -0.4 is 15.4 Å². The summed E-state index contributed by atoms with van der Waals surface area (Å²) in [7, 11) is 0. The zero-order chi connectivity index (χ0) is 29.4. The summed E-state index contributed by atoms with van der Waals surface area (Å²) >= 11 is 0. The van der Waals surface area contributed by atoms with Gasteiger partial charge in [0.05, 0.1) is 30.0 Å². The van der Waals surface area contributed by atoms with Crippen LogP contribution in [0, 0.1) is 32.0 Å². The van der Waals surface area contributed by atoms with Crippen molar-refractivity contribution < 1.29 is 23.5 Å². The number of carbonyl (C=O) groups is 2. The fourth-order valence-electron chi connectivity index (χ4n) is 3.83. The SMILES string of the molecule is C#CCN(C/C=C/C(=O)Nc1cc2c(Nc3ccc(F)c(C)c3)c(C)cnc2cc1OCC)C(=O)OC(C)(C)C. The number of aromatic nitrogens is 1. The van der Waals surface area contributed by atoms with Crippen LogP contribution in [0.4, 0.5) is 26.2 Å². The molecule has 0 bridgehead atoms. The molecule has 3 aromatic rings. The van der Waals surface area contributed by atoms with E-state index in [-0.39, 0.29) is 18.9 Å². The molecule has 0 aliphatic rings. The molecule has 0 saturated carbocycles. The monoisotopic (exact) mass is 546 g/mol. The van der Waals surface area contributed by atoms with Gasteiger partial charge in [-0.15, -0.1) is 6.42 Å². The summed E-state index contributed by atoms with van der Waals surface area (Å²) < 4.78 is 25.0. The number of pyridine rings is 1. The predicted molar refractivity (Wildman–Crippen MR) is 156 cm³/mol. The van der Waals surface area contributed by atoms with E-state index < -0.39 is 17.6 Å². The molecule has 0 fully saturated rings. The van der Waals surface area contributed by atoms with E-state index in [1.807, 2.05) is 13.8 Å². The molecule has 8 nitrogen and oxygen atoms in total. The largest absolute Gasteiger partial charge is 0.492 e. The Bertz CT molecular complexity index is 1470. The van der Waals surface area contributed by atoms with Gasteiger partial charge in [0.15, 0.2) is 0 Å². The second-order valence-electron chi connectivity index (χ2n) is 10.2. The van der Waals surface area contributed by atoms with Crippen LogP contribution in [0.3, 0.4) is 0 Å². The lowest BCUT2D eigenvalue weighted by Crippen LogP contribution is -2.37. The second kappa shape index (κ2) is 13.0. The lowest BCUT2D eigenvalue weighted by molar-refractivity contribution is -0.112. The first-order valence-corrected chi connectivity index (χ1v) is 12.9. The zero-order valence-electron chi connectivity index (χ0n) is 23.7. The van der Waals surface area contributed by atoms with Crippen LogP contribution in [-0.2, 0) is 9.53 Å². The molecule has 3 rings (SSSR count). The predicted octanol–water partition coefficient (Wildman–Crippen LogP) is 6.50. The quantitative estimate of drug-likeness (QED) is 0.235.